The van der Waals surface area contributed by atoms with E-state index in [0.29, 0.717) is 17.1 Å². The molecule has 35 heavy (non-hydrogen) atoms. The second-order valence-electron chi connectivity index (χ2n) is 8.19. The van der Waals surface area contributed by atoms with Gasteiger partial charge in [-0.1, -0.05) is 65.8 Å². The molecule has 0 saturated carbocycles. The maximum atomic E-state index is 12.7. The van der Waals surface area contributed by atoms with Crippen molar-refractivity contribution in [3.8, 4) is 28.1 Å². The molecule has 1 aromatic heterocycles. The Balaban J connectivity index is 1.32. The Morgan fingerprint density at radius 1 is 1.00 bits per heavy atom. The molecule has 1 aliphatic carbocycles. The van der Waals surface area contributed by atoms with E-state index in [0.717, 1.165) is 35.1 Å². The van der Waals surface area contributed by atoms with Gasteiger partial charge in [-0.3, -0.25) is 5.32 Å². The number of ether oxygens (including phenoxy) is 2. The number of anilines is 1. The highest BCUT2D eigenvalue weighted by molar-refractivity contribution is 5.91. The average Bonchev–Trinajstić information content (AvgIpc) is 3.42. The number of benzene rings is 3. The fourth-order valence-electron chi connectivity index (χ4n) is 4.28. The molecule has 1 unspecified atom stereocenters. The summed E-state index contributed by atoms with van der Waals surface area (Å²) in [5.41, 5.74) is 5.58. The molecule has 4 aromatic rings. The first-order valence-corrected chi connectivity index (χ1v) is 11.1. The normalized spacial score (nSPS) is 14.3. The zero-order chi connectivity index (χ0) is 24.4. The van der Waals surface area contributed by atoms with E-state index in [2.05, 4.69) is 16.5 Å². The number of hydrogen-bond donors (Lipinski definition) is 2. The number of aromatic nitrogens is 1. The van der Waals surface area contributed by atoms with Gasteiger partial charge < -0.3 is 19.1 Å². The average molecular weight is 470 g/mol. The minimum absolute atomic E-state index is 0.237. The topological polar surface area (TPSA) is 111 Å². The summed E-state index contributed by atoms with van der Waals surface area (Å²) in [6.07, 6.45) is -0.582. The van der Waals surface area contributed by atoms with Crippen molar-refractivity contribution in [3.63, 3.8) is 0 Å². The smallest absolute Gasteiger partial charge is 0.449 e. The molecule has 5 rings (SSSR count). The minimum Gasteiger partial charge on any atom is -0.449 e. The van der Waals surface area contributed by atoms with Crippen LogP contribution in [0.15, 0.2) is 77.3 Å². The Morgan fingerprint density at radius 3 is 2.57 bits per heavy atom. The lowest BCUT2D eigenvalue weighted by molar-refractivity contribution is 0.112. The van der Waals surface area contributed by atoms with E-state index in [1.54, 1.807) is 25.1 Å². The lowest BCUT2D eigenvalue weighted by atomic mass is 10.0. The van der Waals surface area contributed by atoms with Crippen LogP contribution in [0.25, 0.3) is 22.4 Å². The zero-order valence-electron chi connectivity index (χ0n) is 18.9. The fourth-order valence-corrected chi connectivity index (χ4v) is 4.28. The number of aryl methyl sites for hydroxylation is 2. The van der Waals surface area contributed by atoms with Crippen LogP contribution < -0.4 is 10.1 Å². The number of nitrogens with one attached hydrogen (secondary N) is 1. The number of rotatable bonds is 5. The van der Waals surface area contributed by atoms with E-state index < -0.39 is 12.2 Å². The molecule has 0 bridgehead atoms. The van der Waals surface area contributed by atoms with Gasteiger partial charge in [0.2, 0.25) is 0 Å². The molecule has 0 spiro atoms. The molecule has 1 amide bonds. The number of amides is 1. The highest BCUT2D eigenvalue weighted by Crippen LogP contribution is 2.36. The number of fused-ring (bicyclic) bond motifs is 1. The molecule has 2 N–H and O–H groups in total. The Bertz CT molecular complexity index is 1390. The highest BCUT2D eigenvalue weighted by atomic mass is 16.7. The van der Waals surface area contributed by atoms with Gasteiger partial charge in [0.1, 0.15) is 23.2 Å². The minimum atomic E-state index is -1.37. The summed E-state index contributed by atoms with van der Waals surface area (Å²) in [6, 6.07) is 22.2. The summed E-state index contributed by atoms with van der Waals surface area (Å²) in [5.74, 6) is 0.701. The van der Waals surface area contributed by atoms with Crippen LogP contribution in [0, 0.1) is 6.92 Å². The maximum Gasteiger partial charge on any atom is 0.511 e. The van der Waals surface area contributed by atoms with E-state index in [9.17, 15) is 9.59 Å². The first kappa shape index (κ1) is 22.2. The van der Waals surface area contributed by atoms with Crippen LogP contribution in [-0.4, -0.2) is 22.5 Å². The van der Waals surface area contributed by atoms with Crippen molar-refractivity contribution in [2.24, 2.45) is 0 Å². The SMILES string of the molecule is Cc1onc(-c2ccc(-c3cccc(OC(=O)O)c3)cc2)c1NC(=O)OC1CCc2ccccc21. The monoisotopic (exact) mass is 470 g/mol. The third-order valence-corrected chi connectivity index (χ3v) is 5.95. The van der Waals surface area contributed by atoms with Crippen molar-refractivity contribution >= 4 is 17.9 Å². The number of carbonyl (C=O) groups is 2. The largest absolute Gasteiger partial charge is 0.511 e. The zero-order valence-corrected chi connectivity index (χ0v) is 18.9. The van der Waals surface area contributed by atoms with Crippen molar-refractivity contribution in [3.05, 3.63) is 89.7 Å². The molecule has 8 nitrogen and oxygen atoms in total. The van der Waals surface area contributed by atoms with Crippen LogP contribution in [0.1, 0.15) is 29.4 Å². The molecule has 8 heteroatoms. The summed E-state index contributed by atoms with van der Waals surface area (Å²) >= 11 is 0. The Hall–Kier alpha value is -4.59. The van der Waals surface area contributed by atoms with E-state index in [-0.39, 0.29) is 11.9 Å². The van der Waals surface area contributed by atoms with Crippen molar-refractivity contribution < 1.29 is 28.7 Å². The van der Waals surface area contributed by atoms with Gasteiger partial charge in [-0.25, -0.2) is 9.59 Å². The van der Waals surface area contributed by atoms with E-state index in [1.807, 2.05) is 48.5 Å². The standard InChI is InChI=1S/C27H22N2O6/c1-16-24(28-26(30)34-23-14-13-18-5-2-3-8-22(18)23)25(29-35-16)19-11-9-17(10-12-19)20-6-4-7-21(15-20)33-27(31)32/h2-12,15,23H,13-14H2,1H3,(H,28,30)(H,31,32). The summed E-state index contributed by atoms with van der Waals surface area (Å²) in [7, 11) is 0. The summed E-state index contributed by atoms with van der Waals surface area (Å²) in [6.45, 7) is 1.72. The van der Waals surface area contributed by atoms with Crippen LogP contribution in [0.2, 0.25) is 0 Å². The predicted octanol–water partition coefficient (Wildman–Crippen LogP) is 6.61. The van der Waals surface area contributed by atoms with Crippen LogP contribution in [-0.2, 0) is 11.2 Å². The van der Waals surface area contributed by atoms with Gasteiger partial charge in [-0.2, -0.15) is 0 Å². The van der Waals surface area contributed by atoms with E-state index in [1.165, 1.54) is 5.56 Å². The van der Waals surface area contributed by atoms with Gasteiger partial charge in [0.15, 0.2) is 5.76 Å². The van der Waals surface area contributed by atoms with Gasteiger partial charge in [-0.05, 0) is 54.2 Å². The second kappa shape index (κ2) is 9.34. The van der Waals surface area contributed by atoms with Crippen molar-refractivity contribution in [2.45, 2.75) is 25.9 Å². The summed E-state index contributed by atoms with van der Waals surface area (Å²) < 4.78 is 15.8. The summed E-state index contributed by atoms with van der Waals surface area (Å²) in [5, 5.41) is 15.7. The van der Waals surface area contributed by atoms with Crippen LogP contribution in [0.4, 0.5) is 15.3 Å². The van der Waals surface area contributed by atoms with E-state index >= 15 is 0 Å². The maximum absolute atomic E-state index is 12.7. The Labute approximate surface area is 201 Å². The number of carboxylic acid groups (broad SMARTS) is 1. The molecule has 3 aromatic carbocycles. The molecule has 0 radical (unpaired) electrons. The quantitative estimate of drug-likeness (QED) is 0.249. The van der Waals surface area contributed by atoms with Gasteiger partial charge in [-0.15, -0.1) is 0 Å². The Morgan fingerprint density at radius 2 is 1.77 bits per heavy atom. The van der Waals surface area contributed by atoms with Gasteiger partial charge in [0.05, 0.1) is 0 Å². The summed E-state index contributed by atoms with van der Waals surface area (Å²) in [4.78, 5) is 23.5. The molecule has 0 saturated heterocycles. The van der Waals surface area contributed by atoms with Gasteiger partial charge in [0, 0.05) is 5.56 Å². The fraction of sp³-hybridized carbons (Fsp3) is 0.148. The molecule has 1 atom stereocenters. The molecule has 1 aliphatic rings. The van der Waals surface area contributed by atoms with Crippen molar-refractivity contribution in [1.82, 2.24) is 5.16 Å². The lowest BCUT2D eigenvalue weighted by Crippen LogP contribution is -2.17. The van der Waals surface area contributed by atoms with Crippen molar-refractivity contribution in [2.75, 3.05) is 5.32 Å². The predicted molar refractivity (Wildman–Crippen MR) is 128 cm³/mol. The lowest BCUT2D eigenvalue weighted by Gasteiger charge is -2.14. The van der Waals surface area contributed by atoms with Gasteiger partial charge in [0.25, 0.3) is 0 Å². The molecule has 176 valence electrons. The highest BCUT2D eigenvalue weighted by Gasteiger charge is 2.26. The number of carbonyl (C=O) groups excluding carboxylic acids is 1. The molecular formula is C27H22N2O6. The van der Waals surface area contributed by atoms with Crippen LogP contribution in [0.3, 0.4) is 0 Å². The molecule has 1 heterocycles. The first-order chi connectivity index (χ1) is 17.0. The number of hydrogen-bond acceptors (Lipinski definition) is 6. The Kier molecular flexibility index (Phi) is 5.93. The van der Waals surface area contributed by atoms with Crippen LogP contribution >= 0.6 is 0 Å². The van der Waals surface area contributed by atoms with Crippen LogP contribution in [0.5, 0.6) is 5.75 Å². The third kappa shape index (κ3) is 4.72. The number of nitrogens with zero attached hydrogens (tertiary/aromatic N) is 1. The van der Waals surface area contributed by atoms with Gasteiger partial charge >= 0.3 is 12.2 Å². The molecular weight excluding hydrogens is 448 g/mol. The third-order valence-electron chi connectivity index (χ3n) is 5.95. The second-order valence-corrected chi connectivity index (χ2v) is 8.19. The van der Waals surface area contributed by atoms with Crippen molar-refractivity contribution in [1.29, 1.82) is 0 Å². The van der Waals surface area contributed by atoms with E-state index in [4.69, 9.17) is 19.1 Å². The molecule has 0 fully saturated rings. The first-order valence-electron chi connectivity index (χ1n) is 11.1. The molecule has 0 aliphatic heterocycles.